The number of nitrogens with zero attached hydrogens (tertiary/aromatic N) is 2. The second-order valence-electron chi connectivity index (χ2n) is 5.39. The molecule has 0 aliphatic heterocycles. The fourth-order valence-corrected chi connectivity index (χ4v) is 2.24. The summed E-state index contributed by atoms with van der Waals surface area (Å²) in [5.74, 6) is -2.40. The lowest BCUT2D eigenvalue weighted by Crippen LogP contribution is -2.18. The molecule has 0 bridgehead atoms. The first-order chi connectivity index (χ1) is 11.1. The van der Waals surface area contributed by atoms with Crippen LogP contribution in [0, 0.1) is 11.6 Å². The highest BCUT2D eigenvalue weighted by Gasteiger charge is 2.25. The minimum atomic E-state index is -0.991. The van der Waals surface area contributed by atoms with Crippen LogP contribution < -0.4 is 10.6 Å². The fourth-order valence-electron chi connectivity index (χ4n) is 2.24. The van der Waals surface area contributed by atoms with Crippen molar-refractivity contribution in [3.8, 4) is 0 Å². The first-order valence-corrected chi connectivity index (χ1v) is 7.45. The molecule has 1 aliphatic carbocycles. The summed E-state index contributed by atoms with van der Waals surface area (Å²) in [6, 6.07) is 2.45. The summed E-state index contributed by atoms with van der Waals surface area (Å²) in [6.45, 7) is 1.87. The Morgan fingerprint density at radius 3 is 2.83 bits per heavy atom. The smallest absolute Gasteiger partial charge is 0.259 e. The molecule has 0 saturated heterocycles. The second-order valence-corrected chi connectivity index (χ2v) is 5.39. The number of amides is 1. The van der Waals surface area contributed by atoms with Crippen LogP contribution in [-0.4, -0.2) is 21.9 Å². The Labute approximate surface area is 132 Å². The number of halogens is 2. The van der Waals surface area contributed by atoms with Crippen LogP contribution in [0.25, 0.3) is 0 Å². The van der Waals surface area contributed by atoms with E-state index < -0.39 is 17.5 Å². The molecule has 0 spiro atoms. The highest BCUT2D eigenvalue weighted by Crippen LogP contribution is 2.33. The van der Waals surface area contributed by atoms with E-state index in [9.17, 15) is 13.6 Å². The maximum atomic E-state index is 14.0. The van der Waals surface area contributed by atoms with Crippen molar-refractivity contribution < 1.29 is 13.6 Å². The van der Waals surface area contributed by atoms with E-state index >= 15 is 0 Å². The molecule has 1 fully saturated rings. The molecular formula is C16H16F2N4O. The van der Waals surface area contributed by atoms with Crippen LogP contribution in [0.4, 0.5) is 20.2 Å². The van der Waals surface area contributed by atoms with Crippen molar-refractivity contribution >= 4 is 17.3 Å². The largest absolute Gasteiger partial charge is 0.378 e. The van der Waals surface area contributed by atoms with Crippen LogP contribution in [0.15, 0.2) is 24.7 Å². The number of aromatic nitrogens is 2. The highest BCUT2D eigenvalue weighted by molar-refractivity contribution is 6.06. The van der Waals surface area contributed by atoms with Gasteiger partial charge in [-0.2, -0.15) is 0 Å². The topological polar surface area (TPSA) is 66.9 Å². The standard InChI is InChI=1S/C16H16F2N4O/c1-2-12-10(7-19-8-20-12)16(23)22-13-6-5-11(17)14(18)15(13)21-9-3-4-9/h5-9,21H,2-4H2,1H3,(H,22,23). The van der Waals surface area contributed by atoms with Crippen LogP contribution >= 0.6 is 0 Å². The molecule has 1 aromatic carbocycles. The molecule has 1 heterocycles. The fraction of sp³-hybridized carbons (Fsp3) is 0.312. The Hall–Kier alpha value is -2.57. The van der Waals surface area contributed by atoms with Gasteiger partial charge in [0.25, 0.3) is 5.91 Å². The van der Waals surface area contributed by atoms with Gasteiger partial charge in [-0.3, -0.25) is 4.79 Å². The Balaban J connectivity index is 1.90. The first-order valence-electron chi connectivity index (χ1n) is 7.45. The summed E-state index contributed by atoms with van der Waals surface area (Å²) in [7, 11) is 0. The van der Waals surface area contributed by atoms with Gasteiger partial charge in [0.15, 0.2) is 11.6 Å². The Morgan fingerprint density at radius 2 is 2.13 bits per heavy atom. The molecule has 0 radical (unpaired) electrons. The molecule has 120 valence electrons. The Kier molecular flexibility index (Phi) is 4.18. The Morgan fingerprint density at radius 1 is 1.35 bits per heavy atom. The quantitative estimate of drug-likeness (QED) is 0.889. The number of hydrogen-bond acceptors (Lipinski definition) is 4. The number of benzene rings is 1. The molecule has 1 amide bonds. The number of carbonyl (C=O) groups excluding carboxylic acids is 1. The zero-order chi connectivity index (χ0) is 16.4. The highest BCUT2D eigenvalue weighted by atomic mass is 19.2. The number of carbonyl (C=O) groups is 1. The molecular weight excluding hydrogens is 302 g/mol. The van der Waals surface area contributed by atoms with Crippen LogP contribution in [0.1, 0.15) is 35.8 Å². The molecule has 1 saturated carbocycles. The summed E-state index contributed by atoms with van der Waals surface area (Å²) in [5.41, 5.74) is 1.09. The van der Waals surface area contributed by atoms with Crippen molar-refractivity contribution in [1.29, 1.82) is 0 Å². The Bertz CT molecular complexity index is 747. The third-order valence-electron chi connectivity index (χ3n) is 3.64. The minimum Gasteiger partial charge on any atom is -0.378 e. The molecule has 1 aromatic heterocycles. The predicted octanol–water partition coefficient (Wildman–Crippen LogP) is 3.14. The van der Waals surface area contributed by atoms with E-state index in [-0.39, 0.29) is 17.4 Å². The van der Waals surface area contributed by atoms with Gasteiger partial charge in [-0.05, 0) is 31.4 Å². The molecule has 2 aromatic rings. The van der Waals surface area contributed by atoms with E-state index in [1.165, 1.54) is 18.6 Å². The number of aryl methyl sites for hydroxylation is 1. The van der Waals surface area contributed by atoms with Crippen molar-refractivity contribution in [1.82, 2.24) is 9.97 Å². The molecule has 0 atom stereocenters. The minimum absolute atomic E-state index is 0.0178. The zero-order valence-electron chi connectivity index (χ0n) is 12.6. The number of rotatable bonds is 5. The van der Waals surface area contributed by atoms with E-state index in [0.29, 0.717) is 17.7 Å². The summed E-state index contributed by atoms with van der Waals surface area (Å²) >= 11 is 0. The van der Waals surface area contributed by atoms with Crippen LogP contribution in [0.2, 0.25) is 0 Å². The van der Waals surface area contributed by atoms with Crippen LogP contribution in [0.3, 0.4) is 0 Å². The van der Waals surface area contributed by atoms with E-state index in [0.717, 1.165) is 18.9 Å². The van der Waals surface area contributed by atoms with Gasteiger partial charge >= 0.3 is 0 Å². The first kappa shape index (κ1) is 15.3. The average molecular weight is 318 g/mol. The van der Waals surface area contributed by atoms with Crippen molar-refractivity contribution in [3.63, 3.8) is 0 Å². The van der Waals surface area contributed by atoms with E-state index in [4.69, 9.17) is 0 Å². The summed E-state index contributed by atoms with van der Waals surface area (Å²) in [5, 5.41) is 5.53. The van der Waals surface area contributed by atoms with Crippen molar-refractivity contribution in [2.24, 2.45) is 0 Å². The zero-order valence-corrected chi connectivity index (χ0v) is 12.6. The van der Waals surface area contributed by atoms with Gasteiger partial charge in [0, 0.05) is 12.2 Å². The summed E-state index contributed by atoms with van der Waals surface area (Å²) in [6.07, 6.45) is 5.14. The van der Waals surface area contributed by atoms with E-state index in [1.54, 1.807) is 0 Å². The predicted molar refractivity (Wildman–Crippen MR) is 82.4 cm³/mol. The molecule has 23 heavy (non-hydrogen) atoms. The maximum absolute atomic E-state index is 14.0. The molecule has 3 rings (SSSR count). The third kappa shape index (κ3) is 3.28. The third-order valence-corrected chi connectivity index (χ3v) is 3.64. The van der Waals surface area contributed by atoms with Crippen LogP contribution in [0.5, 0.6) is 0 Å². The van der Waals surface area contributed by atoms with Crippen molar-refractivity contribution in [2.75, 3.05) is 10.6 Å². The van der Waals surface area contributed by atoms with E-state index in [1.807, 2.05) is 6.92 Å². The lowest BCUT2D eigenvalue weighted by Gasteiger charge is -2.14. The van der Waals surface area contributed by atoms with Gasteiger partial charge in [-0.1, -0.05) is 6.92 Å². The number of hydrogen-bond donors (Lipinski definition) is 2. The van der Waals surface area contributed by atoms with Gasteiger partial charge in [0.05, 0.1) is 22.6 Å². The maximum Gasteiger partial charge on any atom is 0.259 e. The van der Waals surface area contributed by atoms with Gasteiger partial charge < -0.3 is 10.6 Å². The normalized spacial score (nSPS) is 13.7. The van der Waals surface area contributed by atoms with Gasteiger partial charge in [-0.15, -0.1) is 0 Å². The molecule has 0 unspecified atom stereocenters. The van der Waals surface area contributed by atoms with Crippen molar-refractivity contribution in [2.45, 2.75) is 32.2 Å². The summed E-state index contributed by atoms with van der Waals surface area (Å²) < 4.78 is 27.5. The lowest BCUT2D eigenvalue weighted by atomic mass is 10.1. The molecule has 2 N–H and O–H groups in total. The molecule has 7 heteroatoms. The number of anilines is 2. The lowest BCUT2D eigenvalue weighted by molar-refractivity contribution is 0.102. The van der Waals surface area contributed by atoms with Crippen molar-refractivity contribution in [3.05, 3.63) is 47.5 Å². The molecule has 5 nitrogen and oxygen atoms in total. The SMILES string of the molecule is CCc1ncncc1C(=O)Nc1ccc(F)c(F)c1NC1CC1. The van der Waals surface area contributed by atoms with E-state index in [2.05, 4.69) is 20.6 Å². The number of nitrogens with one attached hydrogen (secondary N) is 2. The monoisotopic (exact) mass is 318 g/mol. The van der Waals surface area contributed by atoms with Gasteiger partial charge in [0.2, 0.25) is 0 Å². The van der Waals surface area contributed by atoms with Gasteiger partial charge in [0.1, 0.15) is 6.33 Å². The van der Waals surface area contributed by atoms with Crippen LogP contribution in [-0.2, 0) is 6.42 Å². The summed E-state index contributed by atoms with van der Waals surface area (Å²) in [4.78, 5) is 20.3. The average Bonchev–Trinajstić information content (AvgIpc) is 3.38. The second kappa shape index (κ2) is 6.28. The van der Waals surface area contributed by atoms with Gasteiger partial charge in [-0.25, -0.2) is 18.7 Å². The molecule has 1 aliphatic rings.